The molecule has 3 N–H and O–H groups in total. The van der Waals surface area contributed by atoms with E-state index < -0.39 is 0 Å². The highest BCUT2D eigenvalue weighted by atomic mass is 16.1. The Morgan fingerprint density at radius 1 is 1.80 bits per heavy atom. The normalized spacial score (nSPS) is 17.7. The van der Waals surface area contributed by atoms with Gasteiger partial charge in [0.1, 0.15) is 11.9 Å². The van der Waals surface area contributed by atoms with E-state index in [1.807, 2.05) is 4.57 Å². The first-order valence-corrected chi connectivity index (χ1v) is 5.23. The number of hydrogen-bond acceptors (Lipinski definition) is 3. The van der Waals surface area contributed by atoms with E-state index in [1.54, 1.807) is 19.3 Å². The van der Waals surface area contributed by atoms with Gasteiger partial charge in [-0.25, -0.2) is 4.98 Å². The lowest BCUT2D eigenvalue weighted by Gasteiger charge is -2.13. The van der Waals surface area contributed by atoms with Gasteiger partial charge in [0, 0.05) is 18.4 Å². The van der Waals surface area contributed by atoms with Crippen molar-refractivity contribution in [2.24, 2.45) is 5.73 Å². The van der Waals surface area contributed by atoms with Crippen molar-refractivity contribution in [3.05, 3.63) is 18.2 Å². The molecule has 0 bridgehead atoms. The Balaban J connectivity index is 2.02. The molecule has 0 aromatic carbocycles. The van der Waals surface area contributed by atoms with Gasteiger partial charge in [-0.1, -0.05) is 0 Å². The Hall–Kier alpha value is -1.36. The lowest BCUT2D eigenvalue weighted by molar-refractivity contribution is -0.120. The summed E-state index contributed by atoms with van der Waals surface area (Å²) < 4.78 is 1.82. The minimum Gasteiger partial charge on any atom is -0.368 e. The molecule has 0 aliphatic heterocycles. The van der Waals surface area contributed by atoms with Gasteiger partial charge in [0.15, 0.2) is 0 Å². The molecule has 1 heterocycles. The molecule has 1 saturated carbocycles. The molecule has 0 saturated heterocycles. The van der Waals surface area contributed by atoms with Crippen molar-refractivity contribution >= 4 is 5.91 Å². The van der Waals surface area contributed by atoms with E-state index >= 15 is 0 Å². The molecule has 1 aliphatic carbocycles. The summed E-state index contributed by atoms with van der Waals surface area (Å²) in [5.41, 5.74) is 5.26. The first-order chi connectivity index (χ1) is 7.18. The molecule has 1 aliphatic rings. The number of nitrogens with two attached hydrogens (primary N) is 1. The minimum absolute atomic E-state index is 0.330. The van der Waals surface area contributed by atoms with Crippen LogP contribution in [0.4, 0.5) is 0 Å². The summed E-state index contributed by atoms with van der Waals surface area (Å²) >= 11 is 0. The Bertz CT molecular complexity index is 356. The standard InChI is InChI=1S/C10H16N4O/c1-7(10(11)15)14-5-4-12-9(14)6-13-8-2-3-8/h4-5,7-8,13H,2-3,6H2,1H3,(H2,11,15). The number of hydrogen-bond donors (Lipinski definition) is 2. The molecule has 1 fully saturated rings. The largest absolute Gasteiger partial charge is 0.368 e. The minimum atomic E-state index is -0.333. The smallest absolute Gasteiger partial charge is 0.240 e. The molecule has 15 heavy (non-hydrogen) atoms. The molecule has 1 aromatic heterocycles. The third kappa shape index (κ3) is 2.36. The lowest BCUT2D eigenvalue weighted by Crippen LogP contribution is -2.27. The molecule has 1 unspecified atom stereocenters. The number of primary amides is 1. The molecule has 0 radical (unpaired) electrons. The van der Waals surface area contributed by atoms with Gasteiger partial charge in [0.2, 0.25) is 5.91 Å². The second-order valence-electron chi connectivity index (χ2n) is 3.98. The van der Waals surface area contributed by atoms with Crippen molar-refractivity contribution in [2.75, 3.05) is 0 Å². The topological polar surface area (TPSA) is 72.9 Å². The van der Waals surface area contributed by atoms with Crippen LogP contribution in [0.15, 0.2) is 12.4 Å². The second-order valence-corrected chi connectivity index (χ2v) is 3.98. The van der Waals surface area contributed by atoms with Crippen molar-refractivity contribution < 1.29 is 4.79 Å². The van der Waals surface area contributed by atoms with Crippen LogP contribution in [0.3, 0.4) is 0 Å². The number of carbonyl (C=O) groups is 1. The maximum absolute atomic E-state index is 11.1. The van der Waals surface area contributed by atoms with Gasteiger partial charge in [-0.2, -0.15) is 0 Å². The molecule has 5 nitrogen and oxygen atoms in total. The van der Waals surface area contributed by atoms with Crippen LogP contribution in [0.5, 0.6) is 0 Å². The monoisotopic (exact) mass is 208 g/mol. The van der Waals surface area contributed by atoms with Crippen LogP contribution >= 0.6 is 0 Å². The third-order valence-corrected chi connectivity index (χ3v) is 2.70. The van der Waals surface area contributed by atoms with Crippen LogP contribution in [0.1, 0.15) is 31.6 Å². The van der Waals surface area contributed by atoms with Gasteiger partial charge >= 0.3 is 0 Å². The van der Waals surface area contributed by atoms with Gasteiger partial charge < -0.3 is 15.6 Å². The van der Waals surface area contributed by atoms with E-state index in [4.69, 9.17) is 5.73 Å². The fraction of sp³-hybridized carbons (Fsp3) is 0.600. The summed E-state index contributed by atoms with van der Waals surface area (Å²) in [5, 5.41) is 3.36. The highest BCUT2D eigenvalue weighted by Crippen LogP contribution is 2.19. The van der Waals surface area contributed by atoms with Crippen molar-refractivity contribution in [1.82, 2.24) is 14.9 Å². The van der Waals surface area contributed by atoms with Crippen LogP contribution in [0, 0.1) is 0 Å². The van der Waals surface area contributed by atoms with Crippen molar-refractivity contribution in [2.45, 2.75) is 38.4 Å². The second kappa shape index (κ2) is 4.02. The SMILES string of the molecule is CC(C(N)=O)n1ccnc1CNC1CC1. The van der Waals surface area contributed by atoms with E-state index in [-0.39, 0.29) is 11.9 Å². The summed E-state index contributed by atoms with van der Waals surface area (Å²) in [7, 11) is 0. The van der Waals surface area contributed by atoms with E-state index in [2.05, 4.69) is 10.3 Å². The molecule has 2 rings (SSSR count). The van der Waals surface area contributed by atoms with E-state index in [0.29, 0.717) is 12.6 Å². The molecule has 1 aromatic rings. The average molecular weight is 208 g/mol. The number of aromatic nitrogens is 2. The molecular weight excluding hydrogens is 192 g/mol. The number of nitrogens with one attached hydrogen (secondary N) is 1. The molecule has 5 heteroatoms. The van der Waals surface area contributed by atoms with Gasteiger partial charge in [0.05, 0.1) is 6.54 Å². The summed E-state index contributed by atoms with van der Waals surface area (Å²) in [5.74, 6) is 0.536. The zero-order valence-corrected chi connectivity index (χ0v) is 8.81. The Morgan fingerprint density at radius 3 is 3.13 bits per heavy atom. The number of nitrogens with zero attached hydrogens (tertiary/aromatic N) is 2. The Kier molecular flexibility index (Phi) is 2.73. The van der Waals surface area contributed by atoms with E-state index in [0.717, 1.165) is 5.82 Å². The Labute approximate surface area is 88.7 Å². The van der Waals surface area contributed by atoms with Gasteiger partial charge in [-0.3, -0.25) is 4.79 Å². The number of imidazole rings is 1. The van der Waals surface area contributed by atoms with Crippen molar-refractivity contribution in [1.29, 1.82) is 0 Å². The van der Waals surface area contributed by atoms with Gasteiger partial charge in [-0.05, 0) is 19.8 Å². The average Bonchev–Trinajstić information content (AvgIpc) is 2.92. The molecule has 0 spiro atoms. The maximum Gasteiger partial charge on any atom is 0.240 e. The van der Waals surface area contributed by atoms with Crippen LogP contribution in [0.25, 0.3) is 0 Å². The number of amides is 1. The van der Waals surface area contributed by atoms with Crippen LogP contribution < -0.4 is 11.1 Å². The highest BCUT2D eigenvalue weighted by molar-refractivity contribution is 5.77. The molecule has 82 valence electrons. The summed E-state index contributed by atoms with van der Waals surface area (Å²) in [6, 6.07) is 0.308. The first-order valence-electron chi connectivity index (χ1n) is 5.23. The first kappa shape index (κ1) is 10.2. The quantitative estimate of drug-likeness (QED) is 0.725. The van der Waals surface area contributed by atoms with Crippen LogP contribution in [-0.2, 0) is 11.3 Å². The van der Waals surface area contributed by atoms with E-state index in [9.17, 15) is 4.79 Å². The van der Waals surface area contributed by atoms with E-state index in [1.165, 1.54) is 12.8 Å². The highest BCUT2D eigenvalue weighted by Gasteiger charge is 2.21. The number of rotatable bonds is 5. The predicted molar refractivity (Wildman–Crippen MR) is 56.0 cm³/mol. The molecule has 1 atom stereocenters. The summed E-state index contributed by atoms with van der Waals surface area (Å²) in [6.45, 7) is 2.49. The van der Waals surface area contributed by atoms with Crippen LogP contribution in [0.2, 0.25) is 0 Å². The zero-order chi connectivity index (χ0) is 10.8. The lowest BCUT2D eigenvalue weighted by atomic mass is 10.3. The summed E-state index contributed by atoms with van der Waals surface area (Å²) in [4.78, 5) is 15.3. The van der Waals surface area contributed by atoms with Gasteiger partial charge in [0.25, 0.3) is 0 Å². The summed E-state index contributed by atoms with van der Waals surface area (Å²) in [6.07, 6.45) is 5.97. The van der Waals surface area contributed by atoms with Crippen molar-refractivity contribution in [3.8, 4) is 0 Å². The predicted octanol–water partition coefficient (Wildman–Crippen LogP) is 0.181. The zero-order valence-electron chi connectivity index (χ0n) is 8.81. The molecular formula is C10H16N4O. The molecule has 1 amide bonds. The number of carbonyl (C=O) groups excluding carboxylic acids is 1. The fourth-order valence-electron chi connectivity index (χ4n) is 1.49. The Morgan fingerprint density at radius 2 is 2.53 bits per heavy atom. The fourth-order valence-corrected chi connectivity index (χ4v) is 1.49. The van der Waals surface area contributed by atoms with Crippen LogP contribution in [-0.4, -0.2) is 21.5 Å². The third-order valence-electron chi connectivity index (χ3n) is 2.70. The maximum atomic E-state index is 11.1. The van der Waals surface area contributed by atoms with Crippen molar-refractivity contribution in [3.63, 3.8) is 0 Å². The van der Waals surface area contributed by atoms with Gasteiger partial charge in [-0.15, -0.1) is 0 Å².